The quantitative estimate of drug-likeness (QED) is 0.743. The molecule has 1 saturated heterocycles. The van der Waals surface area contributed by atoms with Gasteiger partial charge in [-0.15, -0.1) is 0 Å². The van der Waals surface area contributed by atoms with Crippen LogP contribution in [-0.2, 0) is 4.79 Å². The van der Waals surface area contributed by atoms with Gasteiger partial charge in [0.2, 0.25) is 5.91 Å². The SMILES string of the molecule is CC(C)C(N)C(=O)N1CCC(C(C)O)CC1. The van der Waals surface area contributed by atoms with Crippen molar-refractivity contribution in [3.05, 3.63) is 0 Å². The van der Waals surface area contributed by atoms with E-state index < -0.39 is 0 Å². The summed E-state index contributed by atoms with van der Waals surface area (Å²) in [5.41, 5.74) is 5.84. The van der Waals surface area contributed by atoms with Crippen LogP contribution in [0.4, 0.5) is 0 Å². The predicted octanol–water partition coefficient (Wildman–Crippen LogP) is 0.589. The number of nitrogens with zero attached hydrogens (tertiary/aromatic N) is 1. The molecule has 1 fully saturated rings. The topological polar surface area (TPSA) is 66.6 Å². The third-order valence-electron chi connectivity index (χ3n) is 3.54. The summed E-state index contributed by atoms with van der Waals surface area (Å²) in [6.07, 6.45) is 1.50. The fourth-order valence-corrected chi connectivity index (χ4v) is 2.10. The minimum Gasteiger partial charge on any atom is -0.393 e. The van der Waals surface area contributed by atoms with Crippen molar-refractivity contribution < 1.29 is 9.90 Å². The summed E-state index contributed by atoms with van der Waals surface area (Å²) in [5.74, 6) is 0.570. The molecule has 0 spiro atoms. The Hall–Kier alpha value is -0.610. The molecule has 1 aliphatic heterocycles. The molecule has 1 rings (SSSR count). The average Bonchev–Trinajstić information content (AvgIpc) is 2.27. The monoisotopic (exact) mass is 228 g/mol. The second kappa shape index (κ2) is 5.64. The molecule has 1 heterocycles. The van der Waals surface area contributed by atoms with E-state index in [1.807, 2.05) is 25.7 Å². The first-order valence-corrected chi connectivity index (χ1v) is 6.16. The maximum atomic E-state index is 12.0. The first-order chi connectivity index (χ1) is 7.43. The lowest BCUT2D eigenvalue weighted by molar-refractivity contribution is -0.135. The Bertz CT molecular complexity index is 233. The van der Waals surface area contributed by atoms with E-state index in [1.165, 1.54) is 0 Å². The number of hydrogen-bond donors (Lipinski definition) is 2. The van der Waals surface area contributed by atoms with Crippen molar-refractivity contribution in [3.63, 3.8) is 0 Å². The van der Waals surface area contributed by atoms with Crippen LogP contribution in [0.25, 0.3) is 0 Å². The number of amides is 1. The van der Waals surface area contributed by atoms with Gasteiger partial charge in [-0.05, 0) is 31.6 Å². The van der Waals surface area contributed by atoms with E-state index in [0.717, 1.165) is 25.9 Å². The molecule has 0 aromatic rings. The lowest BCUT2D eigenvalue weighted by Gasteiger charge is -2.35. The molecule has 2 unspecified atom stereocenters. The molecule has 1 amide bonds. The number of carbonyl (C=O) groups excluding carboxylic acids is 1. The summed E-state index contributed by atoms with van der Waals surface area (Å²) >= 11 is 0. The number of piperidine rings is 1. The molecular formula is C12H24N2O2. The predicted molar refractivity (Wildman–Crippen MR) is 63.8 cm³/mol. The van der Waals surface area contributed by atoms with Gasteiger partial charge in [-0.1, -0.05) is 13.8 Å². The van der Waals surface area contributed by atoms with Crippen molar-refractivity contribution in [2.24, 2.45) is 17.6 Å². The van der Waals surface area contributed by atoms with Gasteiger partial charge in [0, 0.05) is 13.1 Å². The van der Waals surface area contributed by atoms with Gasteiger partial charge in [0.15, 0.2) is 0 Å². The maximum Gasteiger partial charge on any atom is 0.239 e. The van der Waals surface area contributed by atoms with Crippen LogP contribution in [0.5, 0.6) is 0 Å². The minimum atomic E-state index is -0.386. The highest BCUT2D eigenvalue weighted by molar-refractivity contribution is 5.82. The van der Waals surface area contributed by atoms with Gasteiger partial charge in [0.25, 0.3) is 0 Å². The summed E-state index contributed by atoms with van der Waals surface area (Å²) in [5, 5.41) is 9.47. The first-order valence-electron chi connectivity index (χ1n) is 6.16. The van der Waals surface area contributed by atoms with Crippen molar-refractivity contribution >= 4 is 5.91 Å². The highest BCUT2D eigenvalue weighted by atomic mass is 16.3. The number of nitrogens with two attached hydrogens (primary N) is 1. The Balaban J connectivity index is 2.45. The second-order valence-corrected chi connectivity index (χ2v) is 5.17. The lowest BCUT2D eigenvalue weighted by atomic mass is 9.91. The van der Waals surface area contributed by atoms with E-state index in [1.54, 1.807) is 0 Å². The molecule has 0 radical (unpaired) electrons. The van der Waals surface area contributed by atoms with E-state index in [9.17, 15) is 9.90 Å². The third-order valence-corrected chi connectivity index (χ3v) is 3.54. The lowest BCUT2D eigenvalue weighted by Crippen LogP contribution is -2.49. The summed E-state index contributed by atoms with van der Waals surface area (Å²) in [4.78, 5) is 13.8. The van der Waals surface area contributed by atoms with E-state index in [0.29, 0.717) is 5.92 Å². The molecule has 94 valence electrons. The number of aliphatic hydroxyl groups is 1. The fraction of sp³-hybridized carbons (Fsp3) is 0.917. The number of likely N-dealkylation sites (tertiary alicyclic amines) is 1. The largest absolute Gasteiger partial charge is 0.393 e. The van der Waals surface area contributed by atoms with Crippen LogP contribution < -0.4 is 5.73 Å². The number of rotatable bonds is 3. The van der Waals surface area contributed by atoms with Crippen LogP contribution in [0.15, 0.2) is 0 Å². The number of carbonyl (C=O) groups is 1. The van der Waals surface area contributed by atoms with E-state index >= 15 is 0 Å². The summed E-state index contributed by atoms with van der Waals surface area (Å²) in [6.45, 7) is 7.21. The van der Waals surface area contributed by atoms with Gasteiger partial charge < -0.3 is 15.7 Å². The van der Waals surface area contributed by atoms with E-state index in [2.05, 4.69) is 0 Å². The Kier molecular flexibility index (Phi) is 4.74. The summed E-state index contributed by atoms with van der Waals surface area (Å²) in [6, 6.07) is -0.386. The normalized spacial score (nSPS) is 22.2. The van der Waals surface area contributed by atoms with Crippen molar-refractivity contribution in [1.29, 1.82) is 0 Å². The van der Waals surface area contributed by atoms with Gasteiger partial charge in [-0.3, -0.25) is 4.79 Å². The number of aliphatic hydroxyl groups excluding tert-OH is 1. The van der Waals surface area contributed by atoms with Crippen molar-refractivity contribution in [2.75, 3.05) is 13.1 Å². The van der Waals surface area contributed by atoms with Crippen LogP contribution in [-0.4, -0.2) is 41.1 Å². The molecule has 1 aliphatic rings. The Morgan fingerprint density at radius 2 is 1.81 bits per heavy atom. The van der Waals surface area contributed by atoms with Crippen LogP contribution in [0.2, 0.25) is 0 Å². The van der Waals surface area contributed by atoms with Gasteiger partial charge in [-0.25, -0.2) is 0 Å². The zero-order valence-electron chi connectivity index (χ0n) is 10.5. The Labute approximate surface area is 97.8 Å². The van der Waals surface area contributed by atoms with Gasteiger partial charge in [0.05, 0.1) is 12.1 Å². The zero-order chi connectivity index (χ0) is 12.3. The van der Waals surface area contributed by atoms with Gasteiger partial charge in [0.1, 0.15) is 0 Å². The molecule has 16 heavy (non-hydrogen) atoms. The molecule has 2 atom stereocenters. The molecule has 0 bridgehead atoms. The smallest absolute Gasteiger partial charge is 0.239 e. The van der Waals surface area contributed by atoms with E-state index in [4.69, 9.17) is 5.73 Å². The average molecular weight is 228 g/mol. The standard InChI is InChI=1S/C12H24N2O2/c1-8(2)11(13)12(16)14-6-4-10(5-7-14)9(3)15/h8-11,15H,4-7,13H2,1-3H3. The zero-order valence-corrected chi connectivity index (χ0v) is 10.5. The summed E-state index contributed by atoms with van der Waals surface area (Å²) < 4.78 is 0. The van der Waals surface area contributed by atoms with Crippen molar-refractivity contribution in [3.8, 4) is 0 Å². The Morgan fingerprint density at radius 3 is 2.19 bits per heavy atom. The number of hydrogen-bond acceptors (Lipinski definition) is 3. The van der Waals surface area contributed by atoms with Crippen LogP contribution in [0, 0.1) is 11.8 Å². The van der Waals surface area contributed by atoms with Crippen molar-refractivity contribution in [1.82, 2.24) is 4.90 Å². The van der Waals surface area contributed by atoms with E-state index in [-0.39, 0.29) is 24.0 Å². The van der Waals surface area contributed by atoms with Crippen LogP contribution >= 0.6 is 0 Å². The molecular weight excluding hydrogens is 204 g/mol. The van der Waals surface area contributed by atoms with Crippen LogP contribution in [0.1, 0.15) is 33.6 Å². The molecule has 0 saturated carbocycles. The van der Waals surface area contributed by atoms with Crippen LogP contribution in [0.3, 0.4) is 0 Å². The molecule has 4 heteroatoms. The molecule has 4 nitrogen and oxygen atoms in total. The fourth-order valence-electron chi connectivity index (χ4n) is 2.10. The summed E-state index contributed by atoms with van der Waals surface area (Å²) in [7, 11) is 0. The van der Waals surface area contributed by atoms with Gasteiger partial charge in [-0.2, -0.15) is 0 Å². The highest BCUT2D eigenvalue weighted by Gasteiger charge is 2.28. The van der Waals surface area contributed by atoms with Crippen molar-refractivity contribution in [2.45, 2.75) is 45.8 Å². The molecule has 3 N–H and O–H groups in total. The third kappa shape index (κ3) is 3.19. The first kappa shape index (κ1) is 13.5. The molecule has 0 aromatic carbocycles. The highest BCUT2D eigenvalue weighted by Crippen LogP contribution is 2.21. The Morgan fingerprint density at radius 1 is 1.31 bits per heavy atom. The second-order valence-electron chi connectivity index (χ2n) is 5.17. The maximum absolute atomic E-state index is 12.0. The molecule has 0 aromatic heterocycles. The minimum absolute atomic E-state index is 0.0547. The van der Waals surface area contributed by atoms with Gasteiger partial charge >= 0.3 is 0 Å². The molecule has 0 aliphatic carbocycles.